The van der Waals surface area contributed by atoms with Crippen molar-refractivity contribution in [1.82, 2.24) is 4.57 Å². The third-order valence-electron chi connectivity index (χ3n) is 6.58. The van der Waals surface area contributed by atoms with Gasteiger partial charge in [-0.15, -0.1) is 11.3 Å². The summed E-state index contributed by atoms with van der Waals surface area (Å²) in [6.07, 6.45) is 0. The van der Waals surface area contributed by atoms with Crippen LogP contribution in [-0.2, 0) is 20.9 Å². The van der Waals surface area contributed by atoms with E-state index in [-0.39, 0.29) is 28.7 Å². The van der Waals surface area contributed by atoms with Crippen molar-refractivity contribution in [2.75, 3.05) is 10.2 Å². The van der Waals surface area contributed by atoms with Gasteiger partial charge in [0.25, 0.3) is 5.69 Å². The molecule has 4 heterocycles. The van der Waals surface area contributed by atoms with Gasteiger partial charge in [-0.3, -0.25) is 33.9 Å². The minimum Gasteiger partial charge on any atom is -0.325 e. The van der Waals surface area contributed by atoms with Crippen molar-refractivity contribution in [2.45, 2.75) is 22.7 Å². The average Bonchev–Trinajstić information content (AvgIpc) is 3.62. The maximum absolute atomic E-state index is 13.8. The summed E-state index contributed by atoms with van der Waals surface area (Å²) in [7, 11) is 0. The Labute approximate surface area is 233 Å². The predicted molar refractivity (Wildman–Crippen MR) is 149 cm³/mol. The third kappa shape index (κ3) is 4.37. The summed E-state index contributed by atoms with van der Waals surface area (Å²) in [5.74, 6) is -2.59. The number of rotatable bonds is 6. The number of nitro groups is 1. The molecule has 10 nitrogen and oxygen atoms in total. The van der Waals surface area contributed by atoms with Crippen molar-refractivity contribution < 1.29 is 19.3 Å². The van der Waals surface area contributed by atoms with Crippen LogP contribution in [-0.4, -0.2) is 32.5 Å². The zero-order valence-electron chi connectivity index (χ0n) is 19.9. The molecule has 3 amide bonds. The van der Waals surface area contributed by atoms with Gasteiger partial charge in [0, 0.05) is 33.5 Å². The number of fused-ring (bicyclic) bond motifs is 2. The van der Waals surface area contributed by atoms with Crippen LogP contribution in [0.3, 0.4) is 0 Å². The largest absolute Gasteiger partial charge is 0.325 e. The number of thiophene rings is 1. The Hall–Kier alpha value is -4.07. The van der Waals surface area contributed by atoms with Crippen LogP contribution in [0.15, 0.2) is 81.9 Å². The molecule has 1 N–H and O–H groups in total. The van der Waals surface area contributed by atoms with E-state index in [1.54, 1.807) is 24.3 Å². The lowest BCUT2D eigenvalue weighted by molar-refractivity contribution is -0.384. The molecule has 196 valence electrons. The molecule has 2 aliphatic rings. The van der Waals surface area contributed by atoms with Gasteiger partial charge in [0.2, 0.25) is 17.7 Å². The molecule has 13 heteroatoms. The van der Waals surface area contributed by atoms with Crippen LogP contribution < -0.4 is 15.1 Å². The van der Waals surface area contributed by atoms with Gasteiger partial charge in [0.05, 0.1) is 21.6 Å². The number of nitrogens with zero attached hydrogens (tertiary/aromatic N) is 3. The van der Waals surface area contributed by atoms with E-state index in [4.69, 9.17) is 0 Å². The fourth-order valence-electron chi connectivity index (χ4n) is 4.87. The summed E-state index contributed by atoms with van der Waals surface area (Å²) in [6, 6.07) is 17.9. The van der Waals surface area contributed by atoms with Gasteiger partial charge in [-0.25, -0.2) is 4.90 Å². The van der Waals surface area contributed by atoms with Crippen LogP contribution >= 0.6 is 34.4 Å². The Kier molecular flexibility index (Phi) is 6.41. The van der Waals surface area contributed by atoms with Crippen molar-refractivity contribution in [3.63, 3.8) is 0 Å². The van der Waals surface area contributed by atoms with Crippen molar-refractivity contribution in [2.24, 2.45) is 5.92 Å². The molecular weight excluding hydrogens is 561 g/mol. The first-order valence-corrected chi connectivity index (χ1v) is 14.3. The van der Waals surface area contributed by atoms with Crippen molar-refractivity contribution in [3.8, 4) is 0 Å². The maximum Gasteiger partial charge on any atom is 0.308 e. The molecule has 0 aliphatic carbocycles. The van der Waals surface area contributed by atoms with E-state index in [9.17, 15) is 29.3 Å². The number of benzene rings is 2. The second-order valence-corrected chi connectivity index (χ2v) is 12.0. The number of thiazole rings is 1. The van der Waals surface area contributed by atoms with Crippen molar-refractivity contribution in [3.05, 3.63) is 102 Å². The lowest BCUT2D eigenvalue weighted by Gasteiger charge is -2.29. The van der Waals surface area contributed by atoms with E-state index in [1.807, 2.05) is 23.6 Å². The lowest BCUT2D eigenvalue weighted by atomic mass is 9.87. The number of imide groups is 1. The number of carbonyl (C=O) groups is 3. The molecule has 0 unspecified atom stereocenters. The summed E-state index contributed by atoms with van der Waals surface area (Å²) in [5, 5.41) is 15.4. The number of hydrogen-bond donors (Lipinski definition) is 1. The summed E-state index contributed by atoms with van der Waals surface area (Å²) >= 11 is 3.53. The minimum atomic E-state index is -0.829. The first-order chi connectivity index (χ1) is 18.8. The minimum absolute atomic E-state index is 0.152. The quantitative estimate of drug-likeness (QED) is 0.205. The molecule has 2 aromatic heterocycles. The zero-order valence-corrected chi connectivity index (χ0v) is 22.3. The van der Waals surface area contributed by atoms with Gasteiger partial charge in [-0.05, 0) is 35.7 Å². The Balaban J connectivity index is 1.38. The van der Waals surface area contributed by atoms with Gasteiger partial charge < -0.3 is 5.32 Å². The Morgan fingerprint density at radius 1 is 0.974 bits per heavy atom. The highest BCUT2D eigenvalue weighted by molar-refractivity contribution is 8.00. The van der Waals surface area contributed by atoms with Crippen molar-refractivity contribution >= 4 is 69.2 Å². The van der Waals surface area contributed by atoms with Crippen LogP contribution in [0.5, 0.6) is 0 Å². The smallest absolute Gasteiger partial charge is 0.308 e. The molecule has 4 aromatic rings. The van der Waals surface area contributed by atoms with E-state index in [0.29, 0.717) is 15.6 Å². The molecule has 0 saturated carbocycles. The van der Waals surface area contributed by atoms with E-state index in [2.05, 4.69) is 5.32 Å². The monoisotopic (exact) mass is 578 g/mol. The number of nitro benzene ring substituents is 1. The SMILES string of the molecule is O=C(Cn1c2c(sc1=O)[C@@H](c1cccs1)[C@H]1C(=O)N(c3ccc([N+](=O)[O-])cc3)C(=O)[C@H]1S2)Nc1ccccc1. The van der Waals surface area contributed by atoms with Gasteiger partial charge >= 0.3 is 4.87 Å². The molecule has 2 aromatic carbocycles. The number of anilines is 2. The predicted octanol–water partition coefficient (Wildman–Crippen LogP) is 4.31. The van der Waals surface area contributed by atoms with Crippen molar-refractivity contribution in [1.29, 1.82) is 0 Å². The number of non-ortho nitro benzene ring substituents is 1. The molecule has 3 atom stereocenters. The Morgan fingerprint density at radius 3 is 2.38 bits per heavy atom. The number of carbonyl (C=O) groups excluding carboxylic acids is 3. The van der Waals surface area contributed by atoms with Gasteiger partial charge in [0.15, 0.2) is 0 Å². The molecule has 1 fully saturated rings. The number of para-hydroxylation sites is 1. The average molecular weight is 579 g/mol. The van der Waals surface area contributed by atoms with Crippen LogP contribution in [0.2, 0.25) is 0 Å². The Morgan fingerprint density at radius 2 is 1.72 bits per heavy atom. The highest BCUT2D eigenvalue weighted by atomic mass is 32.2. The van der Waals surface area contributed by atoms with Crippen LogP contribution in [0.4, 0.5) is 17.1 Å². The van der Waals surface area contributed by atoms with E-state index in [1.165, 1.54) is 40.2 Å². The van der Waals surface area contributed by atoms with Gasteiger partial charge in [0.1, 0.15) is 11.8 Å². The zero-order chi connectivity index (χ0) is 27.3. The standard InChI is InChI=1S/C26H18N4O6S3/c31-18(27-14-5-2-1-3-6-14)13-28-25-22(39-26(28)34)19(17-7-4-12-37-17)20-21(38-25)24(33)29(23(20)32)15-8-10-16(11-9-15)30(35)36/h1-12,19-21H,13H2,(H,27,31)/t19-,20+,21-/m0/s1. The van der Waals surface area contributed by atoms with Gasteiger partial charge in [-0.1, -0.05) is 47.4 Å². The molecule has 39 heavy (non-hydrogen) atoms. The van der Waals surface area contributed by atoms with E-state index < -0.39 is 33.8 Å². The topological polar surface area (TPSA) is 132 Å². The summed E-state index contributed by atoms with van der Waals surface area (Å²) in [5.41, 5.74) is 0.693. The third-order valence-corrected chi connectivity index (χ3v) is 10.1. The molecule has 2 aliphatic heterocycles. The first kappa shape index (κ1) is 25.2. The van der Waals surface area contributed by atoms with E-state index in [0.717, 1.165) is 32.9 Å². The highest BCUT2D eigenvalue weighted by Crippen LogP contribution is 2.54. The molecule has 1 saturated heterocycles. The first-order valence-electron chi connectivity index (χ1n) is 11.7. The fourth-order valence-corrected chi connectivity index (χ4v) is 8.59. The number of amides is 3. The van der Waals surface area contributed by atoms with Gasteiger partial charge in [-0.2, -0.15) is 0 Å². The van der Waals surface area contributed by atoms with Crippen LogP contribution in [0, 0.1) is 16.0 Å². The van der Waals surface area contributed by atoms with Crippen LogP contribution in [0.25, 0.3) is 0 Å². The molecular formula is C26H18N4O6S3. The normalized spacial score (nSPS) is 20.0. The van der Waals surface area contributed by atoms with Crippen LogP contribution in [0.1, 0.15) is 15.7 Å². The molecule has 0 radical (unpaired) electrons. The maximum atomic E-state index is 13.8. The number of aromatic nitrogens is 1. The summed E-state index contributed by atoms with van der Waals surface area (Å²) < 4.78 is 1.37. The number of nitrogens with one attached hydrogen (secondary N) is 1. The molecule has 0 spiro atoms. The highest BCUT2D eigenvalue weighted by Gasteiger charge is 2.57. The Bertz CT molecular complexity index is 1660. The molecule has 0 bridgehead atoms. The number of thioether (sulfide) groups is 1. The fraction of sp³-hybridized carbons (Fsp3) is 0.154. The van der Waals surface area contributed by atoms with E-state index >= 15 is 0 Å². The second-order valence-electron chi connectivity index (χ2n) is 8.88. The number of hydrogen-bond acceptors (Lipinski definition) is 9. The summed E-state index contributed by atoms with van der Waals surface area (Å²) in [4.78, 5) is 66.1. The molecule has 6 rings (SSSR count). The summed E-state index contributed by atoms with van der Waals surface area (Å²) in [6.45, 7) is -0.241. The lowest BCUT2D eigenvalue weighted by Crippen LogP contribution is -2.32. The second kappa shape index (κ2) is 9.91.